The van der Waals surface area contributed by atoms with E-state index in [9.17, 15) is 4.79 Å². The second kappa shape index (κ2) is 6.20. The maximum absolute atomic E-state index is 11.7. The van der Waals surface area contributed by atoms with Crippen LogP contribution >= 0.6 is 0 Å². The second-order valence-corrected chi connectivity index (χ2v) is 6.43. The normalized spacial score (nSPS) is 26.4. The van der Waals surface area contributed by atoms with Gasteiger partial charge < -0.3 is 19.3 Å². The second-order valence-electron chi connectivity index (χ2n) is 6.43. The van der Waals surface area contributed by atoms with Crippen molar-refractivity contribution in [3.63, 3.8) is 0 Å². The van der Waals surface area contributed by atoms with E-state index in [-0.39, 0.29) is 31.4 Å². The third kappa shape index (κ3) is 5.09. The van der Waals surface area contributed by atoms with E-state index in [4.69, 9.17) is 19.3 Å². The molecule has 1 aliphatic heterocycles. The Hall–Kier alpha value is -0.650. The van der Waals surface area contributed by atoms with E-state index in [0.717, 1.165) is 0 Å². The molecule has 1 saturated heterocycles. The largest absolute Gasteiger partial charge is 0.462 e. The van der Waals surface area contributed by atoms with E-state index in [0.29, 0.717) is 12.8 Å². The van der Waals surface area contributed by atoms with Crippen LogP contribution in [0, 0.1) is 5.41 Å². The zero-order valence-electron chi connectivity index (χ0n) is 12.6. The minimum atomic E-state index is -0.668. The average molecular weight is 274 g/mol. The fourth-order valence-electron chi connectivity index (χ4n) is 1.96. The van der Waals surface area contributed by atoms with Crippen LogP contribution in [0.25, 0.3) is 0 Å². The highest BCUT2D eigenvalue weighted by Crippen LogP contribution is 2.31. The van der Waals surface area contributed by atoms with Gasteiger partial charge >= 0.3 is 5.97 Å². The van der Waals surface area contributed by atoms with Crippen LogP contribution in [0.4, 0.5) is 0 Å². The van der Waals surface area contributed by atoms with Crippen molar-refractivity contribution < 1.29 is 24.1 Å². The number of carbonyl (C=O) groups excluding carboxylic acids is 1. The fourth-order valence-corrected chi connectivity index (χ4v) is 1.96. The van der Waals surface area contributed by atoms with Crippen molar-refractivity contribution in [3.8, 4) is 0 Å². The van der Waals surface area contributed by atoms with Gasteiger partial charge in [-0.1, -0.05) is 0 Å². The molecule has 0 amide bonds. The minimum Gasteiger partial charge on any atom is -0.462 e. The lowest BCUT2D eigenvalue weighted by Gasteiger charge is -2.20. The molecular weight excluding hydrogens is 248 g/mol. The van der Waals surface area contributed by atoms with Crippen molar-refractivity contribution in [3.05, 3.63) is 0 Å². The molecule has 19 heavy (non-hydrogen) atoms. The summed E-state index contributed by atoms with van der Waals surface area (Å²) < 4.78 is 16.8. The fraction of sp³-hybridized carbons (Fsp3) is 0.929. The highest BCUT2D eigenvalue weighted by Gasteiger charge is 2.41. The van der Waals surface area contributed by atoms with Gasteiger partial charge in [0.25, 0.3) is 0 Å². The molecule has 0 aliphatic carbocycles. The minimum absolute atomic E-state index is 0.120. The first-order valence-corrected chi connectivity index (χ1v) is 6.79. The Labute approximate surface area is 115 Å². The average Bonchev–Trinajstić information content (AvgIpc) is 2.56. The summed E-state index contributed by atoms with van der Waals surface area (Å²) in [6.07, 6.45) is 0.925. The van der Waals surface area contributed by atoms with Gasteiger partial charge in [0.2, 0.25) is 0 Å². The van der Waals surface area contributed by atoms with Crippen LogP contribution in [0.1, 0.15) is 47.5 Å². The third-order valence-corrected chi connectivity index (χ3v) is 2.92. The Morgan fingerprint density at radius 3 is 2.37 bits per heavy atom. The predicted molar refractivity (Wildman–Crippen MR) is 70.6 cm³/mol. The van der Waals surface area contributed by atoms with Crippen LogP contribution in [0.15, 0.2) is 0 Å². The van der Waals surface area contributed by atoms with Gasteiger partial charge in [-0.25, -0.2) is 0 Å². The van der Waals surface area contributed by atoms with E-state index >= 15 is 0 Å². The number of esters is 1. The monoisotopic (exact) mass is 274 g/mol. The quantitative estimate of drug-likeness (QED) is 0.775. The molecule has 112 valence electrons. The molecule has 1 heterocycles. The molecule has 1 fully saturated rings. The standard InChI is InChI=1S/C14H26O5/c1-13(2,3)12(16)17-9-11-10(7-6-8-15)18-14(4,5)19-11/h10-11,15H,6-9H2,1-5H3/t10-,11+/m0/s1. The number of aliphatic hydroxyl groups is 1. The number of hydrogen-bond acceptors (Lipinski definition) is 5. The lowest BCUT2D eigenvalue weighted by molar-refractivity contribution is -0.165. The summed E-state index contributed by atoms with van der Waals surface area (Å²) >= 11 is 0. The number of rotatable bonds is 5. The van der Waals surface area contributed by atoms with Crippen molar-refractivity contribution in [2.45, 2.75) is 65.5 Å². The molecule has 0 aromatic heterocycles. The van der Waals surface area contributed by atoms with Gasteiger partial charge in [-0.2, -0.15) is 0 Å². The van der Waals surface area contributed by atoms with Crippen LogP contribution in [0.2, 0.25) is 0 Å². The van der Waals surface area contributed by atoms with E-state index in [2.05, 4.69) is 0 Å². The zero-order chi connectivity index (χ0) is 14.7. The zero-order valence-corrected chi connectivity index (χ0v) is 12.6. The molecule has 0 bridgehead atoms. The van der Waals surface area contributed by atoms with Crippen LogP contribution < -0.4 is 0 Å². The molecule has 0 aromatic carbocycles. The van der Waals surface area contributed by atoms with Crippen molar-refractivity contribution in [2.75, 3.05) is 13.2 Å². The van der Waals surface area contributed by atoms with Crippen LogP contribution in [-0.2, 0) is 19.0 Å². The van der Waals surface area contributed by atoms with Gasteiger partial charge in [-0.05, 0) is 47.5 Å². The van der Waals surface area contributed by atoms with Gasteiger partial charge in [0.1, 0.15) is 12.7 Å². The molecule has 1 rings (SSSR count). The molecule has 1 N–H and O–H groups in total. The number of ether oxygens (including phenoxy) is 3. The Balaban J connectivity index is 2.52. The lowest BCUT2D eigenvalue weighted by Crippen LogP contribution is -2.32. The van der Waals surface area contributed by atoms with E-state index in [1.165, 1.54) is 0 Å². The van der Waals surface area contributed by atoms with E-state index in [1.54, 1.807) is 0 Å². The Morgan fingerprint density at radius 2 is 1.84 bits per heavy atom. The summed E-state index contributed by atoms with van der Waals surface area (Å²) in [4.78, 5) is 11.7. The molecular formula is C14H26O5. The van der Waals surface area contributed by atoms with Crippen LogP contribution in [0.3, 0.4) is 0 Å². The Morgan fingerprint density at radius 1 is 1.26 bits per heavy atom. The van der Waals surface area contributed by atoms with Gasteiger partial charge in [-0.3, -0.25) is 4.79 Å². The van der Waals surface area contributed by atoms with Crippen molar-refractivity contribution in [1.82, 2.24) is 0 Å². The maximum Gasteiger partial charge on any atom is 0.311 e. The summed E-state index contributed by atoms with van der Waals surface area (Å²) in [7, 11) is 0. The first kappa shape index (κ1) is 16.4. The van der Waals surface area contributed by atoms with Gasteiger partial charge in [0.05, 0.1) is 11.5 Å². The SMILES string of the molecule is CC1(C)O[C@@H](CCCO)[C@@H](COC(=O)C(C)(C)C)O1. The van der Waals surface area contributed by atoms with Gasteiger partial charge in [0, 0.05) is 6.61 Å². The first-order chi connectivity index (χ1) is 8.65. The summed E-state index contributed by atoms with van der Waals surface area (Å²) in [6, 6.07) is 0. The van der Waals surface area contributed by atoms with Crippen LogP contribution in [0.5, 0.6) is 0 Å². The van der Waals surface area contributed by atoms with Gasteiger partial charge in [0.15, 0.2) is 5.79 Å². The van der Waals surface area contributed by atoms with Crippen molar-refractivity contribution in [1.29, 1.82) is 0 Å². The van der Waals surface area contributed by atoms with Crippen molar-refractivity contribution >= 4 is 5.97 Å². The summed E-state index contributed by atoms with van der Waals surface area (Å²) in [5.74, 6) is -0.916. The van der Waals surface area contributed by atoms with Crippen LogP contribution in [-0.4, -0.2) is 42.3 Å². The smallest absolute Gasteiger partial charge is 0.311 e. The molecule has 0 unspecified atom stereocenters. The Kier molecular flexibility index (Phi) is 5.35. The maximum atomic E-state index is 11.7. The topological polar surface area (TPSA) is 65.0 Å². The van der Waals surface area contributed by atoms with Crippen molar-refractivity contribution in [2.24, 2.45) is 5.41 Å². The Bertz CT molecular complexity index is 305. The lowest BCUT2D eigenvalue weighted by atomic mass is 9.97. The highest BCUT2D eigenvalue weighted by molar-refractivity contribution is 5.75. The predicted octanol–water partition coefficient (Wildman–Crippen LogP) is 1.87. The molecule has 2 atom stereocenters. The molecule has 0 aromatic rings. The first-order valence-electron chi connectivity index (χ1n) is 6.79. The van der Waals surface area contributed by atoms with E-state index < -0.39 is 11.2 Å². The summed E-state index contributed by atoms with van der Waals surface area (Å²) in [6.45, 7) is 9.43. The number of hydrogen-bond donors (Lipinski definition) is 1. The molecule has 5 heteroatoms. The number of aliphatic hydroxyl groups excluding tert-OH is 1. The van der Waals surface area contributed by atoms with Gasteiger partial charge in [-0.15, -0.1) is 0 Å². The van der Waals surface area contributed by atoms with E-state index in [1.807, 2.05) is 34.6 Å². The molecule has 5 nitrogen and oxygen atoms in total. The molecule has 0 radical (unpaired) electrons. The highest BCUT2D eigenvalue weighted by atomic mass is 16.8. The summed E-state index contributed by atoms with van der Waals surface area (Å²) in [5, 5.41) is 8.89. The third-order valence-electron chi connectivity index (χ3n) is 2.92. The molecule has 1 aliphatic rings. The molecule has 0 saturated carbocycles. The summed E-state index contributed by atoms with van der Waals surface area (Å²) in [5.41, 5.74) is -0.518. The number of carbonyl (C=O) groups is 1. The molecule has 0 spiro atoms.